The Hall–Kier alpha value is -2.45. The van der Waals surface area contributed by atoms with E-state index < -0.39 is 6.04 Å². The molecular formula is C27H37N3O5. The number of amides is 3. The molecule has 8 nitrogen and oxygen atoms in total. The number of fused-ring (bicyclic) bond motifs is 1. The number of imide groups is 1. The van der Waals surface area contributed by atoms with E-state index >= 15 is 0 Å². The Morgan fingerprint density at radius 3 is 2.49 bits per heavy atom. The average molecular weight is 484 g/mol. The number of rotatable bonds is 5. The number of carbonyl (C=O) groups is 3. The molecule has 3 amide bonds. The number of hydrogen-bond acceptors (Lipinski definition) is 6. The van der Waals surface area contributed by atoms with E-state index in [9.17, 15) is 14.4 Å². The predicted octanol–water partition coefficient (Wildman–Crippen LogP) is 3.03. The molecule has 35 heavy (non-hydrogen) atoms. The van der Waals surface area contributed by atoms with Crippen LogP contribution in [0.15, 0.2) is 18.2 Å². The number of likely N-dealkylation sites (tertiary alicyclic amines) is 1. The maximum atomic E-state index is 13.0. The third-order valence-corrected chi connectivity index (χ3v) is 7.67. The van der Waals surface area contributed by atoms with Gasteiger partial charge >= 0.3 is 0 Å². The van der Waals surface area contributed by atoms with Crippen molar-refractivity contribution in [3.63, 3.8) is 0 Å². The van der Waals surface area contributed by atoms with Gasteiger partial charge in [0.15, 0.2) is 0 Å². The van der Waals surface area contributed by atoms with Crippen molar-refractivity contribution in [2.24, 2.45) is 0 Å². The molecular weight excluding hydrogens is 446 g/mol. The van der Waals surface area contributed by atoms with E-state index in [-0.39, 0.29) is 35.8 Å². The van der Waals surface area contributed by atoms with Gasteiger partial charge in [-0.1, -0.05) is 0 Å². The lowest BCUT2D eigenvalue weighted by atomic mass is 10.0. The van der Waals surface area contributed by atoms with E-state index in [0.717, 1.165) is 56.5 Å². The lowest BCUT2D eigenvalue weighted by molar-refractivity contribution is -0.136. The van der Waals surface area contributed by atoms with E-state index in [1.54, 1.807) is 4.90 Å². The topological polar surface area (TPSA) is 88.2 Å². The first-order valence-electron chi connectivity index (χ1n) is 13.0. The molecule has 3 fully saturated rings. The van der Waals surface area contributed by atoms with Gasteiger partial charge in [0, 0.05) is 37.7 Å². The Morgan fingerprint density at radius 2 is 1.77 bits per heavy atom. The fourth-order valence-electron chi connectivity index (χ4n) is 6.09. The van der Waals surface area contributed by atoms with Crippen LogP contribution in [0.2, 0.25) is 0 Å². The van der Waals surface area contributed by atoms with Gasteiger partial charge in [0.2, 0.25) is 11.8 Å². The zero-order valence-electron chi connectivity index (χ0n) is 21.0. The number of carbonyl (C=O) groups excluding carboxylic acids is 3. The monoisotopic (exact) mass is 483 g/mol. The average Bonchev–Trinajstić information content (AvgIpc) is 3.38. The summed E-state index contributed by atoms with van der Waals surface area (Å²) in [5, 5.41) is 2.35. The number of ether oxygens (including phenoxy) is 2. The normalized spacial score (nSPS) is 28.4. The minimum Gasteiger partial charge on any atom is -0.489 e. The molecule has 3 atom stereocenters. The van der Waals surface area contributed by atoms with Crippen LogP contribution >= 0.6 is 0 Å². The summed E-state index contributed by atoms with van der Waals surface area (Å²) in [6.45, 7) is 8.79. The molecule has 5 rings (SSSR count). The number of benzene rings is 1. The van der Waals surface area contributed by atoms with Crippen molar-refractivity contribution in [2.45, 2.75) is 102 Å². The Kier molecular flexibility index (Phi) is 6.61. The number of nitrogens with zero attached hydrogens (tertiary/aromatic N) is 2. The minimum absolute atomic E-state index is 0.103. The second-order valence-electron chi connectivity index (χ2n) is 11.3. The highest BCUT2D eigenvalue weighted by Gasteiger charge is 2.40. The Labute approximate surface area is 207 Å². The molecule has 1 aromatic rings. The Bertz CT molecular complexity index is 995. The van der Waals surface area contributed by atoms with Crippen molar-refractivity contribution in [3.8, 4) is 5.75 Å². The SMILES string of the molecule is CC(C)(C)OC1CCN(C2CCCC2Oc2ccc3c(c2)CN(C2CCC(=O)NC2=O)C3=O)CC1. The summed E-state index contributed by atoms with van der Waals surface area (Å²) < 4.78 is 12.7. The molecule has 3 aliphatic heterocycles. The molecule has 0 radical (unpaired) electrons. The fourth-order valence-corrected chi connectivity index (χ4v) is 6.09. The van der Waals surface area contributed by atoms with Crippen LogP contribution < -0.4 is 10.1 Å². The molecule has 1 aromatic carbocycles. The van der Waals surface area contributed by atoms with Gasteiger partial charge in [0.05, 0.1) is 11.7 Å². The van der Waals surface area contributed by atoms with Crippen molar-refractivity contribution in [1.82, 2.24) is 15.1 Å². The molecule has 1 aliphatic carbocycles. The van der Waals surface area contributed by atoms with Crippen molar-refractivity contribution in [1.29, 1.82) is 0 Å². The molecule has 0 aromatic heterocycles. The maximum Gasteiger partial charge on any atom is 0.255 e. The molecule has 4 aliphatic rings. The van der Waals surface area contributed by atoms with Gasteiger partial charge in [-0.05, 0) is 83.1 Å². The van der Waals surface area contributed by atoms with E-state index in [4.69, 9.17) is 9.47 Å². The van der Waals surface area contributed by atoms with Crippen LogP contribution in [-0.2, 0) is 20.9 Å². The van der Waals surface area contributed by atoms with E-state index in [2.05, 4.69) is 31.0 Å². The van der Waals surface area contributed by atoms with Gasteiger partial charge in [0.25, 0.3) is 5.91 Å². The molecule has 1 N–H and O–H groups in total. The molecule has 3 unspecified atom stereocenters. The van der Waals surface area contributed by atoms with Crippen LogP contribution in [-0.4, -0.2) is 70.5 Å². The Balaban J connectivity index is 1.21. The second kappa shape index (κ2) is 9.54. The fraction of sp³-hybridized carbons (Fsp3) is 0.667. The standard InChI is InChI=1S/C27H37N3O5/c1-27(2,3)35-18-11-13-29(14-12-18)21-5-4-6-23(21)34-19-7-8-20-17(15-19)16-30(26(20)33)22-9-10-24(31)28-25(22)32/h7-8,15,18,21-23H,4-6,9-14,16H2,1-3H3,(H,28,31,32). The lowest BCUT2D eigenvalue weighted by Crippen LogP contribution is -2.52. The van der Waals surface area contributed by atoms with Crippen LogP contribution in [0.25, 0.3) is 0 Å². The molecule has 2 saturated heterocycles. The van der Waals surface area contributed by atoms with Crippen molar-refractivity contribution in [2.75, 3.05) is 13.1 Å². The third kappa shape index (κ3) is 5.23. The highest BCUT2D eigenvalue weighted by molar-refractivity contribution is 6.05. The summed E-state index contributed by atoms with van der Waals surface area (Å²) in [5.74, 6) is -0.0304. The van der Waals surface area contributed by atoms with E-state index in [1.165, 1.54) is 0 Å². The van der Waals surface area contributed by atoms with Gasteiger partial charge < -0.3 is 14.4 Å². The third-order valence-electron chi connectivity index (χ3n) is 7.67. The minimum atomic E-state index is -0.596. The first kappa shape index (κ1) is 24.3. The summed E-state index contributed by atoms with van der Waals surface area (Å²) in [5.41, 5.74) is 1.40. The number of nitrogens with one attached hydrogen (secondary N) is 1. The summed E-state index contributed by atoms with van der Waals surface area (Å²) in [6.07, 6.45) is 6.52. The van der Waals surface area contributed by atoms with Gasteiger partial charge in [-0.3, -0.25) is 24.6 Å². The van der Waals surface area contributed by atoms with Crippen molar-refractivity contribution >= 4 is 17.7 Å². The predicted molar refractivity (Wildman–Crippen MR) is 130 cm³/mol. The quantitative estimate of drug-likeness (QED) is 0.648. The van der Waals surface area contributed by atoms with Crippen molar-refractivity contribution in [3.05, 3.63) is 29.3 Å². The highest BCUT2D eigenvalue weighted by atomic mass is 16.5. The zero-order valence-corrected chi connectivity index (χ0v) is 21.0. The smallest absolute Gasteiger partial charge is 0.255 e. The second-order valence-corrected chi connectivity index (χ2v) is 11.3. The van der Waals surface area contributed by atoms with Crippen LogP contribution in [0.1, 0.15) is 81.6 Å². The summed E-state index contributed by atoms with van der Waals surface area (Å²) in [7, 11) is 0. The molecule has 1 saturated carbocycles. The van der Waals surface area contributed by atoms with Crippen molar-refractivity contribution < 1.29 is 23.9 Å². The molecule has 190 valence electrons. The van der Waals surface area contributed by atoms with Crippen LogP contribution in [0.5, 0.6) is 5.75 Å². The van der Waals surface area contributed by atoms with Gasteiger partial charge in [-0.15, -0.1) is 0 Å². The number of hydrogen-bond donors (Lipinski definition) is 1. The van der Waals surface area contributed by atoms with Crippen LogP contribution in [0, 0.1) is 0 Å². The molecule has 8 heteroatoms. The number of piperidine rings is 2. The zero-order chi connectivity index (χ0) is 24.7. The molecule has 0 spiro atoms. The van der Waals surface area contributed by atoms with Crippen LogP contribution in [0.4, 0.5) is 0 Å². The highest BCUT2D eigenvalue weighted by Crippen LogP contribution is 2.34. The van der Waals surface area contributed by atoms with E-state index in [1.807, 2.05) is 18.2 Å². The largest absolute Gasteiger partial charge is 0.489 e. The Morgan fingerprint density at radius 1 is 1.00 bits per heavy atom. The first-order valence-corrected chi connectivity index (χ1v) is 13.0. The van der Waals surface area contributed by atoms with Crippen LogP contribution in [0.3, 0.4) is 0 Å². The summed E-state index contributed by atoms with van der Waals surface area (Å²) >= 11 is 0. The summed E-state index contributed by atoms with van der Waals surface area (Å²) in [4.78, 5) is 40.9. The van der Waals surface area contributed by atoms with Gasteiger partial charge in [0.1, 0.15) is 17.9 Å². The summed E-state index contributed by atoms with van der Waals surface area (Å²) in [6, 6.07) is 5.46. The van der Waals surface area contributed by atoms with Gasteiger partial charge in [-0.2, -0.15) is 0 Å². The lowest BCUT2D eigenvalue weighted by Gasteiger charge is -2.40. The van der Waals surface area contributed by atoms with E-state index in [0.29, 0.717) is 30.7 Å². The first-order chi connectivity index (χ1) is 16.7. The maximum absolute atomic E-state index is 13.0. The molecule has 0 bridgehead atoms. The molecule has 3 heterocycles. The van der Waals surface area contributed by atoms with Gasteiger partial charge in [-0.25, -0.2) is 0 Å².